The zero-order chi connectivity index (χ0) is 14.8. The van der Waals surface area contributed by atoms with Gasteiger partial charge in [0, 0.05) is 22.7 Å². The molecule has 1 atom stereocenters. The predicted molar refractivity (Wildman–Crippen MR) is 83.2 cm³/mol. The van der Waals surface area contributed by atoms with Gasteiger partial charge in [0.15, 0.2) is 0 Å². The van der Waals surface area contributed by atoms with E-state index in [1.807, 2.05) is 36.4 Å². The normalized spacial score (nSPS) is 12.3. The Balaban J connectivity index is 2.15. The summed E-state index contributed by atoms with van der Waals surface area (Å²) < 4.78 is 5.21. The molecule has 1 unspecified atom stereocenters. The Morgan fingerprint density at radius 1 is 1.05 bits per heavy atom. The standard InChI is InChI=1S/C17H16N2O2/c1-21-14-9-3-7-12(15(14)18)17(20)13-8-2-5-11-6-4-10-19-16(11)13/h2-10,17,20H,18H2,1H3. The highest BCUT2D eigenvalue weighted by Crippen LogP contribution is 2.34. The Kier molecular flexibility index (Phi) is 3.46. The van der Waals surface area contributed by atoms with Crippen molar-refractivity contribution in [1.29, 1.82) is 0 Å². The van der Waals surface area contributed by atoms with E-state index in [0.717, 1.165) is 16.5 Å². The quantitative estimate of drug-likeness (QED) is 0.724. The summed E-state index contributed by atoms with van der Waals surface area (Å²) in [6.45, 7) is 0. The molecule has 1 heterocycles. The molecule has 0 amide bonds. The molecule has 0 saturated carbocycles. The number of nitrogen functional groups attached to an aromatic ring is 1. The first-order chi connectivity index (χ1) is 10.2. The fourth-order valence-electron chi connectivity index (χ4n) is 2.49. The Hall–Kier alpha value is -2.59. The lowest BCUT2D eigenvalue weighted by Gasteiger charge is -2.17. The molecule has 0 aliphatic rings. The van der Waals surface area contributed by atoms with E-state index in [4.69, 9.17) is 10.5 Å². The molecule has 3 N–H and O–H groups in total. The molecule has 2 aromatic carbocycles. The minimum Gasteiger partial charge on any atom is -0.495 e. The molecule has 3 aromatic rings. The van der Waals surface area contributed by atoms with E-state index < -0.39 is 6.10 Å². The zero-order valence-corrected chi connectivity index (χ0v) is 11.7. The van der Waals surface area contributed by atoms with Crippen molar-refractivity contribution >= 4 is 16.6 Å². The molecule has 4 nitrogen and oxygen atoms in total. The predicted octanol–water partition coefficient (Wildman–Crippen LogP) is 2.91. The number of rotatable bonds is 3. The Morgan fingerprint density at radius 3 is 2.57 bits per heavy atom. The van der Waals surface area contributed by atoms with Crippen molar-refractivity contribution in [3.63, 3.8) is 0 Å². The van der Waals surface area contributed by atoms with Crippen LogP contribution in [0.15, 0.2) is 54.7 Å². The van der Waals surface area contributed by atoms with Crippen LogP contribution in [0.25, 0.3) is 10.9 Å². The molecular formula is C17H16N2O2. The van der Waals surface area contributed by atoms with E-state index in [1.54, 1.807) is 25.4 Å². The molecule has 3 rings (SSSR count). The van der Waals surface area contributed by atoms with Gasteiger partial charge < -0.3 is 15.6 Å². The summed E-state index contributed by atoms with van der Waals surface area (Å²) in [5, 5.41) is 11.7. The van der Waals surface area contributed by atoms with Gasteiger partial charge >= 0.3 is 0 Å². The van der Waals surface area contributed by atoms with Crippen LogP contribution in [-0.2, 0) is 0 Å². The summed E-state index contributed by atoms with van der Waals surface area (Å²) >= 11 is 0. The number of hydrogen-bond acceptors (Lipinski definition) is 4. The number of aromatic nitrogens is 1. The molecule has 106 valence electrons. The first-order valence-electron chi connectivity index (χ1n) is 6.66. The Labute approximate surface area is 122 Å². The molecule has 0 aliphatic heterocycles. The van der Waals surface area contributed by atoms with Crippen molar-refractivity contribution in [3.05, 3.63) is 65.9 Å². The van der Waals surface area contributed by atoms with Crippen molar-refractivity contribution < 1.29 is 9.84 Å². The van der Waals surface area contributed by atoms with Crippen molar-refractivity contribution in [2.45, 2.75) is 6.10 Å². The fourth-order valence-corrected chi connectivity index (χ4v) is 2.49. The molecule has 0 aliphatic carbocycles. The summed E-state index contributed by atoms with van der Waals surface area (Å²) in [6, 6.07) is 14.9. The molecule has 4 heteroatoms. The summed E-state index contributed by atoms with van der Waals surface area (Å²) in [6.07, 6.45) is 0.867. The van der Waals surface area contributed by atoms with Crippen LogP contribution in [0, 0.1) is 0 Å². The summed E-state index contributed by atoms with van der Waals surface area (Å²) in [5.41, 5.74) is 8.64. The molecule has 0 saturated heterocycles. The largest absolute Gasteiger partial charge is 0.495 e. The molecule has 21 heavy (non-hydrogen) atoms. The number of para-hydroxylation sites is 2. The maximum absolute atomic E-state index is 10.7. The van der Waals surface area contributed by atoms with Gasteiger partial charge in [0.1, 0.15) is 11.9 Å². The number of ether oxygens (including phenoxy) is 1. The minimum absolute atomic E-state index is 0.445. The summed E-state index contributed by atoms with van der Waals surface area (Å²) in [4.78, 5) is 4.37. The van der Waals surface area contributed by atoms with E-state index in [-0.39, 0.29) is 0 Å². The van der Waals surface area contributed by atoms with Crippen LogP contribution in [0.4, 0.5) is 5.69 Å². The topological polar surface area (TPSA) is 68.4 Å². The average molecular weight is 280 g/mol. The van der Waals surface area contributed by atoms with Gasteiger partial charge in [0.05, 0.1) is 18.3 Å². The third kappa shape index (κ3) is 2.30. The number of aliphatic hydroxyl groups is 1. The Bertz CT molecular complexity index is 781. The van der Waals surface area contributed by atoms with Gasteiger partial charge in [-0.2, -0.15) is 0 Å². The Morgan fingerprint density at radius 2 is 1.76 bits per heavy atom. The smallest absolute Gasteiger partial charge is 0.142 e. The lowest BCUT2D eigenvalue weighted by atomic mass is 9.97. The molecular weight excluding hydrogens is 264 g/mol. The third-order valence-electron chi connectivity index (χ3n) is 3.57. The van der Waals surface area contributed by atoms with Gasteiger partial charge in [-0.1, -0.05) is 36.4 Å². The van der Waals surface area contributed by atoms with E-state index in [2.05, 4.69) is 4.98 Å². The van der Waals surface area contributed by atoms with Crippen molar-refractivity contribution in [3.8, 4) is 5.75 Å². The molecule has 0 spiro atoms. The van der Waals surface area contributed by atoms with Crippen molar-refractivity contribution in [1.82, 2.24) is 4.98 Å². The van der Waals surface area contributed by atoms with Crippen LogP contribution in [0.1, 0.15) is 17.2 Å². The lowest BCUT2D eigenvalue weighted by Crippen LogP contribution is -2.06. The number of hydrogen-bond donors (Lipinski definition) is 2. The zero-order valence-electron chi connectivity index (χ0n) is 11.7. The van der Waals surface area contributed by atoms with E-state index in [9.17, 15) is 5.11 Å². The van der Waals surface area contributed by atoms with Crippen LogP contribution in [0.3, 0.4) is 0 Å². The van der Waals surface area contributed by atoms with Crippen LogP contribution in [0.5, 0.6) is 5.75 Å². The number of methoxy groups -OCH3 is 1. The second-order valence-electron chi connectivity index (χ2n) is 4.79. The van der Waals surface area contributed by atoms with Gasteiger partial charge in [-0.05, 0) is 12.1 Å². The number of aliphatic hydroxyl groups excluding tert-OH is 1. The first-order valence-corrected chi connectivity index (χ1v) is 6.66. The van der Waals surface area contributed by atoms with Gasteiger partial charge in [0.25, 0.3) is 0 Å². The molecule has 0 bridgehead atoms. The van der Waals surface area contributed by atoms with E-state index >= 15 is 0 Å². The lowest BCUT2D eigenvalue weighted by molar-refractivity contribution is 0.222. The number of nitrogens with zero attached hydrogens (tertiary/aromatic N) is 1. The van der Waals surface area contributed by atoms with Gasteiger partial charge in [-0.15, -0.1) is 0 Å². The fraction of sp³-hybridized carbons (Fsp3) is 0.118. The summed E-state index contributed by atoms with van der Waals surface area (Å²) in [5.74, 6) is 0.555. The third-order valence-corrected chi connectivity index (χ3v) is 3.57. The maximum atomic E-state index is 10.7. The highest BCUT2D eigenvalue weighted by molar-refractivity contribution is 5.82. The molecule has 1 aromatic heterocycles. The number of nitrogens with two attached hydrogens (primary N) is 1. The van der Waals surface area contributed by atoms with Crippen LogP contribution in [0.2, 0.25) is 0 Å². The van der Waals surface area contributed by atoms with Crippen LogP contribution < -0.4 is 10.5 Å². The second-order valence-corrected chi connectivity index (χ2v) is 4.79. The van der Waals surface area contributed by atoms with Gasteiger partial charge in [-0.25, -0.2) is 0 Å². The van der Waals surface area contributed by atoms with Gasteiger partial charge in [0.2, 0.25) is 0 Å². The van der Waals surface area contributed by atoms with Gasteiger partial charge in [-0.3, -0.25) is 4.98 Å². The number of fused-ring (bicyclic) bond motifs is 1. The number of benzene rings is 2. The van der Waals surface area contributed by atoms with E-state index in [0.29, 0.717) is 17.0 Å². The highest BCUT2D eigenvalue weighted by Gasteiger charge is 2.18. The monoisotopic (exact) mass is 280 g/mol. The maximum Gasteiger partial charge on any atom is 0.142 e. The van der Waals surface area contributed by atoms with E-state index in [1.165, 1.54) is 0 Å². The second kappa shape index (κ2) is 5.42. The summed E-state index contributed by atoms with van der Waals surface area (Å²) in [7, 11) is 1.56. The first kappa shape index (κ1) is 13.4. The molecule has 0 radical (unpaired) electrons. The van der Waals surface area contributed by atoms with Crippen molar-refractivity contribution in [2.75, 3.05) is 12.8 Å². The average Bonchev–Trinajstić information content (AvgIpc) is 2.54. The molecule has 0 fully saturated rings. The van der Waals surface area contributed by atoms with Crippen molar-refractivity contribution in [2.24, 2.45) is 0 Å². The van der Waals surface area contributed by atoms with Crippen LogP contribution >= 0.6 is 0 Å². The number of anilines is 1. The van der Waals surface area contributed by atoms with Crippen LogP contribution in [-0.4, -0.2) is 17.2 Å². The highest BCUT2D eigenvalue weighted by atomic mass is 16.5. The minimum atomic E-state index is -0.848. The number of pyridine rings is 1. The SMILES string of the molecule is COc1cccc(C(O)c2cccc3cccnc23)c1N.